The molecule has 2 saturated heterocycles. The van der Waals surface area contributed by atoms with Crippen molar-refractivity contribution in [3.8, 4) is 0 Å². The summed E-state index contributed by atoms with van der Waals surface area (Å²) in [5.74, 6) is 0. The van der Waals surface area contributed by atoms with Crippen molar-refractivity contribution in [1.29, 1.82) is 0 Å². The molecule has 110 valence electrons. The molecule has 2 aliphatic rings. The number of nitrogens with zero attached hydrogens (tertiary/aromatic N) is 1. The Morgan fingerprint density at radius 2 is 2.10 bits per heavy atom. The fourth-order valence-corrected chi connectivity index (χ4v) is 3.52. The van der Waals surface area contributed by atoms with Crippen LogP contribution >= 0.6 is 11.6 Å². The van der Waals surface area contributed by atoms with Crippen LogP contribution < -0.4 is 10.2 Å². The molecule has 3 heterocycles. The number of nitrogens with one attached hydrogen (secondary N) is 2. The molecule has 6 heteroatoms. The van der Waals surface area contributed by atoms with Crippen molar-refractivity contribution in [3.05, 3.63) is 29.4 Å². The Bertz CT molecular complexity index is 704. The second-order valence-corrected chi connectivity index (χ2v) is 6.21. The van der Waals surface area contributed by atoms with Crippen molar-refractivity contribution < 1.29 is 9.53 Å². The summed E-state index contributed by atoms with van der Waals surface area (Å²) in [4.78, 5) is 16.8. The highest BCUT2D eigenvalue weighted by Gasteiger charge is 2.43. The Labute approximate surface area is 127 Å². The lowest BCUT2D eigenvalue weighted by Crippen LogP contribution is -2.46. The van der Waals surface area contributed by atoms with E-state index in [0.29, 0.717) is 6.54 Å². The third-order valence-electron chi connectivity index (χ3n) is 4.49. The van der Waals surface area contributed by atoms with Crippen molar-refractivity contribution in [2.24, 2.45) is 0 Å². The van der Waals surface area contributed by atoms with Gasteiger partial charge in [0.05, 0.1) is 6.54 Å². The number of H-pyrrole nitrogens is 1. The Hall–Kier alpha value is -1.88. The van der Waals surface area contributed by atoms with Crippen molar-refractivity contribution >= 4 is 34.3 Å². The number of piperidine rings is 1. The number of ether oxygens (including phenoxy) is 1. The topological polar surface area (TPSA) is 57.4 Å². The molecule has 2 fully saturated rings. The van der Waals surface area contributed by atoms with Crippen molar-refractivity contribution in [2.45, 2.75) is 18.4 Å². The van der Waals surface area contributed by atoms with Gasteiger partial charge in [0.1, 0.15) is 5.60 Å². The Morgan fingerprint density at radius 1 is 1.29 bits per heavy atom. The molecule has 21 heavy (non-hydrogen) atoms. The molecule has 0 atom stereocenters. The van der Waals surface area contributed by atoms with Crippen molar-refractivity contribution in [1.82, 2.24) is 10.3 Å². The third-order valence-corrected chi connectivity index (χ3v) is 4.71. The quantitative estimate of drug-likeness (QED) is 0.852. The first-order valence-corrected chi connectivity index (χ1v) is 7.51. The van der Waals surface area contributed by atoms with Crippen LogP contribution in [0.15, 0.2) is 24.4 Å². The number of alkyl carbamates (subject to hydrolysis) is 1. The van der Waals surface area contributed by atoms with E-state index >= 15 is 0 Å². The summed E-state index contributed by atoms with van der Waals surface area (Å²) in [6, 6.07) is 6.02. The molecule has 1 amide bonds. The van der Waals surface area contributed by atoms with Gasteiger partial charge in [0, 0.05) is 53.7 Å². The molecule has 0 bridgehead atoms. The first kappa shape index (κ1) is 12.8. The summed E-state index contributed by atoms with van der Waals surface area (Å²) in [6.45, 7) is 2.33. The number of rotatable bonds is 1. The van der Waals surface area contributed by atoms with Gasteiger partial charge >= 0.3 is 6.09 Å². The minimum Gasteiger partial charge on any atom is -0.441 e. The molecule has 2 aromatic rings. The fourth-order valence-electron chi connectivity index (χ4n) is 3.31. The second-order valence-electron chi connectivity index (χ2n) is 5.78. The Morgan fingerprint density at radius 3 is 2.81 bits per heavy atom. The van der Waals surface area contributed by atoms with E-state index in [0.717, 1.165) is 42.2 Å². The third kappa shape index (κ3) is 2.12. The summed E-state index contributed by atoms with van der Waals surface area (Å²) in [7, 11) is 0. The smallest absolute Gasteiger partial charge is 0.407 e. The van der Waals surface area contributed by atoms with Crippen LogP contribution in [-0.2, 0) is 4.74 Å². The molecule has 1 aromatic heterocycles. The predicted molar refractivity (Wildman–Crippen MR) is 82.0 cm³/mol. The van der Waals surface area contributed by atoms with Crippen molar-refractivity contribution in [3.63, 3.8) is 0 Å². The minimum absolute atomic E-state index is 0.292. The average molecular weight is 306 g/mol. The molecule has 4 rings (SSSR count). The van der Waals surface area contributed by atoms with Crippen LogP contribution in [0.2, 0.25) is 5.02 Å². The van der Waals surface area contributed by atoms with E-state index in [1.54, 1.807) is 0 Å². The number of halogens is 1. The molecule has 0 unspecified atom stereocenters. The number of carbonyl (C=O) groups is 1. The van der Waals surface area contributed by atoms with E-state index in [2.05, 4.69) is 21.3 Å². The summed E-state index contributed by atoms with van der Waals surface area (Å²) in [5.41, 5.74) is 1.88. The number of carbonyl (C=O) groups excluding carboxylic acids is 1. The zero-order valence-corrected chi connectivity index (χ0v) is 12.2. The molecular formula is C15H16ClN3O2. The maximum atomic E-state index is 11.3. The highest BCUT2D eigenvalue weighted by Crippen LogP contribution is 2.35. The molecule has 1 spiro atoms. The van der Waals surface area contributed by atoms with Crippen LogP contribution in [0.5, 0.6) is 0 Å². The number of aromatic amines is 1. The Balaban J connectivity index is 1.60. The summed E-state index contributed by atoms with van der Waals surface area (Å²) >= 11 is 6.21. The van der Waals surface area contributed by atoms with E-state index in [9.17, 15) is 4.79 Å². The van der Waals surface area contributed by atoms with Crippen LogP contribution in [0.4, 0.5) is 10.5 Å². The summed E-state index contributed by atoms with van der Waals surface area (Å²) in [6.07, 6.45) is 3.31. The zero-order chi connectivity index (χ0) is 14.4. The van der Waals surface area contributed by atoms with Crippen LogP contribution in [0, 0.1) is 0 Å². The lowest BCUT2D eigenvalue weighted by molar-refractivity contribution is 0.0367. The monoisotopic (exact) mass is 305 g/mol. The maximum absolute atomic E-state index is 11.3. The first-order chi connectivity index (χ1) is 10.2. The van der Waals surface area contributed by atoms with Gasteiger partial charge in [-0.25, -0.2) is 4.79 Å². The summed E-state index contributed by atoms with van der Waals surface area (Å²) < 4.78 is 5.46. The van der Waals surface area contributed by atoms with Gasteiger partial charge in [0.25, 0.3) is 0 Å². The molecule has 5 nitrogen and oxygen atoms in total. The lowest BCUT2D eigenvalue weighted by atomic mass is 9.91. The van der Waals surface area contributed by atoms with Gasteiger partial charge in [-0.1, -0.05) is 11.6 Å². The standard InChI is InChI=1S/C15H16ClN3O2/c16-10-7-12-11(1-4-17-12)13(8-10)19-5-2-15(3-6-19)9-18-14(20)21-15/h1,4,7-8,17H,2-3,5-6,9H2,(H,18,20). The number of amides is 1. The zero-order valence-electron chi connectivity index (χ0n) is 11.5. The molecular weight excluding hydrogens is 290 g/mol. The van der Waals surface area contributed by atoms with E-state index in [-0.39, 0.29) is 11.7 Å². The number of hydrogen-bond acceptors (Lipinski definition) is 3. The van der Waals surface area contributed by atoms with E-state index < -0.39 is 0 Å². The lowest BCUT2D eigenvalue weighted by Gasteiger charge is -2.38. The van der Waals surface area contributed by atoms with Gasteiger partial charge < -0.3 is 19.9 Å². The van der Waals surface area contributed by atoms with Crippen LogP contribution in [0.25, 0.3) is 10.9 Å². The predicted octanol–water partition coefficient (Wildman–Crippen LogP) is 2.90. The normalized spacial score (nSPS) is 20.8. The summed E-state index contributed by atoms with van der Waals surface area (Å²) in [5, 5.41) is 4.67. The SMILES string of the molecule is O=C1NCC2(CCN(c3cc(Cl)cc4[nH]ccc34)CC2)O1. The highest BCUT2D eigenvalue weighted by atomic mass is 35.5. The van der Waals surface area contributed by atoms with E-state index in [1.807, 2.05) is 18.3 Å². The molecule has 0 saturated carbocycles. The molecule has 0 radical (unpaired) electrons. The number of fused-ring (bicyclic) bond motifs is 1. The van der Waals surface area contributed by atoms with Crippen LogP contribution in [0.3, 0.4) is 0 Å². The number of hydrogen-bond donors (Lipinski definition) is 2. The number of benzene rings is 1. The molecule has 1 aromatic carbocycles. The van der Waals surface area contributed by atoms with Crippen LogP contribution in [-0.4, -0.2) is 36.3 Å². The first-order valence-electron chi connectivity index (χ1n) is 7.14. The van der Waals surface area contributed by atoms with Gasteiger partial charge in [-0.3, -0.25) is 0 Å². The molecule has 2 N–H and O–H groups in total. The van der Waals surface area contributed by atoms with Gasteiger partial charge in [-0.15, -0.1) is 0 Å². The van der Waals surface area contributed by atoms with Crippen molar-refractivity contribution in [2.75, 3.05) is 24.5 Å². The fraction of sp³-hybridized carbons (Fsp3) is 0.400. The number of aromatic nitrogens is 1. The van der Waals surface area contributed by atoms with Gasteiger partial charge in [-0.2, -0.15) is 0 Å². The highest BCUT2D eigenvalue weighted by molar-refractivity contribution is 6.31. The van der Waals surface area contributed by atoms with E-state index in [1.165, 1.54) is 5.39 Å². The largest absolute Gasteiger partial charge is 0.441 e. The molecule has 0 aliphatic carbocycles. The van der Waals surface area contributed by atoms with E-state index in [4.69, 9.17) is 16.3 Å². The molecule has 2 aliphatic heterocycles. The maximum Gasteiger partial charge on any atom is 0.407 e. The minimum atomic E-state index is -0.316. The van der Waals surface area contributed by atoms with Gasteiger partial charge in [0.2, 0.25) is 0 Å². The van der Waals surface area contributed by atoms with Gasteiger partial charge in [0.15, 0.2) is 0 Å². The second kappa shape index (κ2) is 4.56. The Kier molecular flexibility index (Phi) is 2.79. The average Bonchev–Trinajstić information content (AvgIpc) is 3.06. The van der Waals surface area contributed by atoms with Crippen LogP contribution in [0.1, 0.15) is 12.8 Å². The van der Waals surface area contributed by atoms with Gasteiger partial charge in [-0.05, 0) is 18.2 Å². The number of anilines is 1.